The largest absolute Gasteiger partial charge is 0.386 e. The third kappa shape index (κ3) is 3.12. The zero-order valence-electron chi connectivity index (χ0n) is 11.4. The summed E-state index contributed by atoms with van der Waals surface area (Å²) >= 11 is 17.8. The SMILES string of the molecule is OC(Cc1ccccc1Cl)(CN1CNC(=S)N1)C1(Cl)CC1. The van der Waals surface area contributed by atoms with Crippen LogP contribution in [-0.2, 0) is 6.42 Å². The minimum atomic E-state index is -1.06. The van der Waals surface area contributed by atoms with E-state index in [2.05, 4.69) is 10.7 Å². The van der Waals surface area contributed by atoms with Crippen molar-refractivity contribution in [2.75, 3.05) is 13.2 Å². The maximum atomic E-state index is 11.2. The zero-order chi connectivity index (χ0) is 15.1. The molecule has 2 aliphatic rings. The standard InChI is InChI=1S/C14H17Cl2N3OS/c15-11-4-2-1-3-10(11)7-14(20,13(16)5-6-13)8-19-9-17-12(21)18-19/h1-4,20H,5-9H2,(H2,17,18,21). The molecule has 4 nitrogen and oxygen atoms in total. The van der Waals surface area contributed by atoms with Gasteiger partial charge in [-0.3, -0.25) is 5.43 Å². The molecule has 2 fully saturated rings. The number of thiocarbonyl (C=S) groups is 1. The Bertz CT molecular complexity index is 567. The summed E-state index contributed by atoms with van der Waals surface area (Å²) in [6.07, 6.45) is 2.03. The molecule has 1 atom stereocenters. The van der Waals surface area contributed by atoms with E-state index in [1.165, 1.54) is 0 Å². The molecule has 3 N–H and O–H groups in total. The van der Waals surface area contributed by atoms with Gasteiger partial charge in [-0.15, -0.1) is 11.6 Å². The van der Waals surface area contributed by atoms with E-state index in [9.17, 15) is 5.11 Å². The fourth-order valence-electron chi connectivity index (χ4n) is 2.69. The summed E-state index contributed by atoms with van der Waals surface area (Å²) in [6.45, 7) is 0.936. The minimum Gasteiger partial charge on any atom is -0.386 e. The van der Waals surface area contributed by atoms with Crippen molar-refractivity contribution < 1.29 is 5.11 Å². The van der Waals surface area contributed by atoms with Crippen molar-refractivity contribution in [2.24, 2.45) is 0 Å². The number of halogens is 2. The molecule has 1 heterocycles. The Morgan fingerprint density at radius 3 is 2.67 bits per heavy atom. The second kappa shape index (κ2) is 5.56. The zero-order valence-corrected chi connectivity index (χ0v) is 13.7. The Morgan fingerprint density at radius 1 is 1.38 bits per heavy atom. The van der Waals surface area contributed by atoms with E-state index >= 15 is 0 Å². The van der Waals surface area contributed by atoms with Gasteiger partial charge in [0.1, 0.15) is 5.60 Å². The highest BCUT2D eigenvalue weighted by molar-refractivity contribution is 7.80. The van der Waals surface area contributed by atoms with E-state index in [0.29, 0.717) is 29.8 Å². The molecule has 21 heavy (non-hydrogen) atoms. The van der Waals surface area contributed by atoms with Crippen LogP contribution in [0.25, 0.3) is 0 Å². The molecule has 1 aliphatic carbocycles. The average molecular weight is 346 g/mol. The number of aliphatic hydroxyl groups is 1. The van der Waals surface area contributed by atoms with E-state index < -0.39 is 10.5 Å². The molecule has 0 spiro atoms. The number of β-amino-alcohol motifs (C(OH)–C–C–N with tert-alkyl or cyclic N) is 1. The van der Waals surface area contributed by atoms with E-state index in [1.54, 1.807) is 0 Å². The third-order valence-corrected chi connectivity index (χ3v) is 5.44. The van der Waals surface area contributed by atoms with Crippen LogP contribution in [0.4, 0.5) is 0 Å². The number of rotatable bonds is 5. The lowest BCUT2D eigenvalue weighted by Gasteiger charge is -2.36. The molecule has 0 aromatic heterocycles. The monoisotopic (exact) mass is 345 g/mol. The summed E-state index contributed by atoms with van der Waals surface area (Å²) in [4.78, 5) is -0.585. The first-order valence-corrected chi connectivity index (χ1v) is 8.02. The molecule has 0 amide bonds. The molecule has 1 aliphatic heterocycles. The van der Waals surface area contributed by atoms with Gasteiger partial charge in [-0.2, -0.15) is 5.01 Å². The first-order valence-electron chi connectivity index (χ1n) is 6.86. The number of nitrogens with zero attached hydrogens (tertiary/aromatic N) is 1. The van der Waals surface area contributed by atoms with Gasteiger partial charge in [0.25, 0.3) is 0 Å². The number of hydrogen-bond donors (Lipinski definition) is 3. The van der Waals surface area contributed by atoms with Crippen molar-refractivity contribution in [1.29, 1.82) is 0 Å². The van der Waals surface area contributed by atoms with E-state index in [0.717, 1.165) is 18.4 Å². The molecule has 3 rings (SSSR count). The lowest BCUT2D eigenvalue weighted by molar-refractivity contribution is -0.0104. The summed E-state index contributed by atoms with van der Waals surface area (Å²) in [6, 6.07) is 7.55. The quantitative estimate of drug-likeness (QED) is 0.563. The number of nitrogens with one attached hydrogen (secondary N) is 2. The summed E-state index contributed by atoms with van der Waals surface area (Å²) in [5.74, 6) is 0. The molecule has 1 aromatic carbocycles. The number of hydrogen-bond acceptors (Lipinski definition) is 3. The minimum absolute atomic E-state index is 0.384. The second-order valence-corrected chi connectivity index (χ2v) is 7.28. The van der Waals surface area contributed by atoms with Gasteiger partial charge in [-0.25, -0.2) is 0 Å². The van der Waals surface area contributed by atoms with Gasteiger partial charge in [0, 0.05) is 11.4 Å². The van der Waals surface area contributed by atoms with E-state index in [-0.39, 0.29) is 0 Å². The van der Waals surface area contributed by atoms with Gasteiger partial charge in [-0.1, -0.05) is 29.8 Å². The highest BCUT2D eigenvalue weighted by Crippen LogP contribution is 2.52. The maximum Gasteiger partial charge on any atom is 0.182 e. The van der Waals surface area contributed by atoms with E-state index in [1.807, 2.05) is 29.3 Å². The first kappa shape index (κ1) is 15.3. The van der Waals surface area contributed by atoms with Crippen molar-refractivity contribution in [2.45, 2.75) is 29.7 Å². The predicted octanol–water partition coefficient (Wildman–Crippen LogP) is 2.04. The fraction of sp³-hybridized carbons (Fsp3) is 0.500. The smallest absolute Gasteiger partial charge is 0.182 e. The predicted molar refractivity (Wildman–Crippen MR) is 88.4 cm³/mol. The first-order chi connectivity index (χ1) is 9.92. The number of hydrazine groups is 1. The molecule has 0 bridgehead atoms. The summed E-state index contributed by atoms with van der Waals surface area (Å²) in [7, 11) is 0. The Hall–Kier alpha value is -0.590. The van der Waals surface area contributed by atoms with Crippen LogP contribution >= 0.6 is 35.4 Å². The molecule has 1 aromatic rings. The van der Waals surface area contributed by atoms with Crippen molar-refractivity contribution in [3.05, 3.63) is 34.9 Å². The van der Waals surface area contributed by atoms with Crippen LogP contribution in [0.2, 0.25) is 5.02 Å². The lowest BCUT2D eigenvalue weighted by Crippen LogP contribution is -2.54. The van der Waals surface area contributed by atoms with E-state index in [4.69, 9.17) is 35.4 Å². The highest BCUT2D eigenvalue weighted by Gasteiger charge is 2.58. The van der Waals surface area contributed by atoms with Gasteiger partial charge >= 0.3 is 0 Å². The molecular weight excluding hydrogens is 329 g/mol. The van der Waals surface area contributed by atoms with Gasteiger partial charge in [0.05, 0.1) is 18.1 Å². The molecule has 1 saturated carbocycles. The third-order valence-electron chi connectivity index (χ3n) is 4.11. The van der Waals surface area contributed by atoms with Crippen LogP contribution in [-0.4, -0.2) is 38.9 Å². The van der Waals surface area contributed by atoms with Crippen molar-refractivity contribution >= 4 is 40.5 Å². The summed E-state index contributed by atoms with van der Waals surface area (Å²) in [5.41, 5.74) is 2.86. The normalized spacial score (nSPS) is 23.3. The van der Waals surface area contributed by atoms with Crippen LogP contribution in [0, 0.1) is 0 Å². The summed E-state index contributed by atoms with van der Waals surface area (Å²) in [5, 5.41) is 17.3. The molecule has 114 valence electrons. The topological polar surface area (TPSA) is 47.5 Å². The number of benzene rings is 1. The Morgan fingerprint density at radius 2 is 2.10 bits per heavy atom. The maximum absolute atomic E-state index is 11.2. The molecule has 7 heteroatoms. The molecule has 1 unspecified atom stereocenters. The van der Waals surface area contributed by atoms with Gasteiger partial charge < -0.3 is 10.4 Å². The van der Waals surface area contributed by atoms with Gasteiger partial charge in [0.15, 0.2) is 5.11 Å². The molecule has 1 saturated heterocycles. The Kier molecular flexibility index (Phi) is 4.05. The fourth-order valence-corrected chi connectivity index (χ4v) is 3.31. The number of alkyl halides is 1. The lowest BCUT2D eigenvalue weighted by atomic mass is 9.88. The molecular formula is C14H17Cl2N3OS. The van der Waals surface area contributed by atoms with Crippen LogP contribution in [0.15, 0.2) is 24.3 Å². The van der Waals surface area contributed by atoms with Crippen LogP contribution in [0.3, 0.4) is 0 Å². The van der Waals surface area contributed by atoms with Crippen LogP contribution in [0.5, 0.6) is 0 Å². The van der Waals surface area contributed by atoms with Crippen molar-refractivity contribution in [3.63, 3.8) is 0 Å². The van der Waals surface area contributed by atoms with Crippen molar-refractivity contribution in [3.8, 4) is 0 Å². The molecule has 0 radical (unpaired) electrons. The van der Waals surface area contributed by atoms with Crippen LogP contribution in [0.1, 0.15) is 18.4 Å². The van der Waals surface area contributed by atoms with Crippen molar-refractivity contribution in [1.82, 2.24) is 15.8 Å². The Labute approximate surface area is 139 Å². The average Bonchev–Trinajstić information content (AvgIpc) is 3.07. The second-order valence-electron chi connectivity index (χ2n) is 5.74. The Balaban J connectivity index is 1.80. The summed E-state index contributed by atoms with van der Waals surface area (Å²) < 4.78 is 0. The van der Waals surface area contributed by atoms with Gasteiger partial charge in [0.2, 0.25) is 0 Å². The van der Waals surface area contributed by atoms with Gasteiger partial charge in [-0.05, 0) is 36.7 Å². The van der Waals surface area contributed by atoms with Crippen LogP contribution < -0.4 is 10.7 Å². The highest BCUT2D eigenvalue weighted by atomic mass is 35.5.